The molecule has 9 heteroatoms. The monoisotopic (exact) mass is 354 g/mol. The lowest BCUT2D eigenvalue weighted by Gasteiger charge is -2.06. The van der Waals surface area contributed by atoms with Gasteiger partial charge < -0.3 is 0 Å². The van der Waals surface area contributed by atoms with E-state index in [2.05, 4.69) is 15.2 Å². The molecule has 0 spiro atoms. The van der Waals surface area contributed by atoms with Gasteiger partial charge in [0.2, 0.25) is 11.1 Å². The number of thioether (sulfide) groups is 1. The Morgan fingerprint density at radius 1 is 1.30 bits per heavy atom. The van der Waals surface area contributed by atoms with Gasteiger partial charge in [0, 0.05) is 5.92 Å². The first-order chi connectivity index (χ1) is 10.8. The van der Waals surface area contributed by atoms with Gasteiger partial charge in [0.15, 0.2) is 0 Å². The van der Waals surface area contributed by atoms with Crippen LogP contribution in [0.2, 0.25) is 0 Å². The summed E-state index contributed by atoms with van der Waals surface area (Å²) in [5.41, 5.74) is 0.941. The number of carbonyl (C=O) groups excluding carboxylic acids is 1. The lowest BCUT2D eigenvalue weighted by molar-refractivity contribution is -0.116. The van der Waals surface area contributed by atoms with E-state index < -0.39 is 15.9 Å². The summed E-state index contributed by atoms with van der Waals surface area (Å²) >= 11 is 1.08. The molecule has 0 saturated heterocycles. The molecule has 2 rings (SSSR count). The fraction of sp³-hybridized carbons (Fsp3) is 0.357. The van der Waals surface area contributed by atoms with Crippen LogP contribution in [-0.2, 0) is 14.8 Å². The molecular weight excluding hydrogens is 336 g/mol. The Kier molecular flexibility index (Phi) is 5.42. The van der Waals surface area contributed by atoms with E-state index in [-0.39, 0.29) is 16.6 Å². The number of nitrogens with one attached hydrogen (secondary N) is 2. The molecule has 1 aromatic heterocycles. The summed E-state index contributed by atoms with van der Waals surface area (Å²) in [7, 11) is -3.85. The largest absolute Gasteiger partial charge is 0.273 e. The molecule has 23 heavy (non-hydrogen) atoms. The molecule has 0 atom stereocenters. The van der Waals surface area contributed by atoms with E-state index in [9.17, 15) is 13.2 Å². The number of amides is 1. The summed E-state index contributed by atoms with van der Waals surface area (Å²) in [4.78, 5) is 16.1. The highest BCUT2D eigenvalue weighted by atomic mass is 32.2. The van der Waals surface area contributed by atoms with Gasteiger partial charge in [0.25, 0.3) is 10.0 Å². The number of H-pyrrole nitrogens is 1. The Labute approximate surface area is 139 Å². The molecule has 7 nitrogen and oxygen atoms in total. The Morgan fingerprint density at radius 3 is 2.52 bits per heavy atom. The lowest BCUT2D eigenvalue weighted by Crippen LogP contribution is -2.31. The molecule has 0 aliphatic carbocycles. The zero-order chi connectivity index (χ0) is 17.0. The molecule has 0 aliphatic rings. The Bertz CT molecular complexity index is 783. The van der Waals surface area contributed by atoms with Gasteiger partial charge in [-0.15, -0.1) is 5.10 Å². The number of hydrogen-bond donors (Lipinski definition) is 2. The predicted octanol–water partition coefficient (Wildman–Crippen LogP) is 1.83. The molecule has 1 heterocycles. The molecule has 0 saturated carbocycles. The van der Waals surface area contributed by atoms with Gasteiger partial charge in [0.1, 0.15) is 5.82 Å². The number of nitrogens with zero attached hydrogens (tertiary/aromatic N) is 2. The minimum atomic E-state index is -3.85. The van der Waals surface area contributed by atoms with Crippen molar-refractivity contribution in [2.24, 2.45) is 0 Å². The van der Waals surface area contributed by atoms with Crippen molar-refractivity contribution in [3.8, 4) is 0 Å². The first kappa shape index (κ1) is 17.5. The van der Waals surface area contributed by atoms with Crippen LogP contribution in [0.15, 0.2) is 34.3 Å². The van der Waals surface area contributed by atoms with E-state index >= 15 is 0 Å². The van der Waals surface area contributed by atoms with Crippen molar-refractivity contribution in [2.75, 3.05) is 5.75 Å². The number of hydrogen-bond acceptors (Lipinski definition) is 6. The lowest BCUT2D eigenvalue weighted by atomic mass is 10.2. The molecule has 124 valence electrons. The van der Waals surface area contributed by atoms with Crippen LogP contribution < -0.4 is 4.72 Å². The van der Waals surface area contributed by atoms with E-state index in [1.807, 2.05) is 25.5 Å². The normalized spacial score (nSPS) is 11.7. The number of benzene rings is 1. The molecule has 1 aromatic carbocycles. The van der Waals surface area contributed by atoms with Gasteiger partial charge in [0.05, 0.1) is 10.6 Å². The number of sulfonamides is 1. The molecule has 0 radical (unpaired) electrons. The Morgan fingerprint density at radius 2 is 1.96 bits per heavy atom. The highest BCUT2D eigenvalue weighted by Crippen LogP contribution is 2.16. The maximum Gasteiger partial charge on any atom is 0.264 e. The number of rotatable bonds is 6. The molecular formula is C14H18N4O3S2. The third kappa shape index (κ3) is 4.80. The average Bonchev–Trinajstić information content (AvgIpc) is 2.94. The summed E-state index contributed by atoms with van der Waals surface area (Å²) in [6.45, 7) is 5.79. The molecule has 0 unspecified atom stereocenters. The second-order valence-corrected chi connectivity index (χ2v) is 7.91. The van der Waals surface area contributed by atoms with Crippen molar-refractivity contribution >= 4 is 27.7 Å². The van der Waals surface area contributed by atoms with E-state index in [0.29, 0.717) is 5.16 Å². The standard InChI is InChI=1S/C14H18N4O3S2/c1-9(2)13-15-14(17-16-13)22-8-12(19)18-23(20,21)11-6-4-10(3)5-7-11/h4-7,9H,8H2,1-3H3,(H,18,19)(H,15,16,17). The third-order valence-corrected chi connectivity index (χ3v) is 5.18. The number of aromatic nitrogens is 3. The van der Waals surface area contributed by atoms with Crippen LogP contribution in [0.1, 0.15) is 31.2 Å². The van der Waals surface area contributed by atoms with Crippen LogP contribution in [0.25, 0.3) is 0 Å². The van der Waals surface area contributed by atoms with Gasteiger partial charge in [-0.25, -0.2) is 18.1 Å². The summed E-state index contributed by atoms with van der Waals surface area (Å²) in [6.07, 6.45) is 0. The summed E-state index contributed by atoms with van der Waals surface area (Å²) in [6, 6.07) is 6.27. The molecule has 2 aromatic rings. The Balaban J connectivity index is 1.94. The second-order valence-electron chi connectivity index (χ2n) is 5.29. The first-order valence-electron chi connectivity index (χ1n) is 6.95. The van der Waals surface area contributed by atoms with Crippen LogP contribution in [0.5, 0.6) is 0 Å². The minimum Gasteiger partial charge on any atom is -0.273 e. The SMILES string of the molecule is Cc1ccc(S(=O)(=O)NC(=O)CSc2n[nH]c(C(C)C)n2)cc1. The van der Waals surface area contributed by atoms with Gasteiger partial charge in [-0.2, -0.15) is 0 Å². The smallest absolute Gasteiger partial charge is 0.264 e. The Hall–Kier alpha value is -1.87. The van der Waals surface area contributed by atoms with Crippen molar-refractivity contribution in [3.63, 3.8) is 0 Å². The predicted molar refractivity (Wildman–Crippen MR) is 87.7 cm³/mol. The van der Waals surface area contributed by atoms with Crippen molar-refractivity contribution in [1.29, 1.82) is 0 Å². The molecule has 2 N–H and O–H groups in total. The quantitative estimate of drug-likeness (QED) is 0.767. The van der Waals surface area contributed by atoms with Crippen molar-refractivity contribution in [1.82, 2.24) is 19.9 Å². The zero-order valence-corrected chi connectivity index (χ0v) is 14.7. The highest BCUT2D eigenvalue weighted by Gasteiger charge is 2.18. The van der Waals surface area contributed by atoms with Crippen LogP contribution in [0.3, 0.4) is 0 Å². The summed E-state index contributed by atoms with van der Waals surface area (Å²) in [5, 5.41) is 7.16. The van der Waals surface area contributed by atoms with Crippen molar-refractivity contribution in [3.05, 3.63) is 35.7 Å². The van der Waals surface area contributed by atoms with E-state index in [4.69, 9.17) is 0 Å². The van der Waals surface area contributed by atoms with E-state index in [1.165, 1.54) is 12.1 Å². The van der Waals surface area contributed by atoms with Crippen molar-refractivity contribution in [2.45, 2.75) is 36.7 Å². The number of aryl methyl sites for hydroxylation is 1. The maximum atomic E-state index is 12.1. The van der Waals surface area contributed by atoms with E-state index in [0.717, 1.165) is 23.1 Å². The maximum absolute atomic E-state index is 12.1. The van der Waals surface area contributed by atoms with Crippen LogP contribution in [0, 0.1) is 6.92 Å². The fourth-order valence-electron chi connectivity index (χ4n) is 1.67. The van der Waals surface area contributed by atoms with Crippen LogP contribution in [0.4, 0.5) is 0 Å². The summed E-state index contributed by atoms with van der Waals surface area (Å²) in [5.74, 6) is 0.222. The molecule has 0 fully saturated rings. The number of aromatic amines is 1. The zero-order valence-electron chi connectivity index (χ0n) is 13.0. The number of carbonyl (C=O) groups is 1. The highest BCUT2D eigenvalue weighted by molar-refractivity contribution is 8.00. The molecule has 1 amide bonds. The topological polar surface area (TPSA) is 105 Å². The van der Waals surface area contributed by atoms with Crippen LogP contribution in [-0.4, -0.2) is 35.3 Å². The first-order valence-corrected chi connectivity index (χ1v) is 9.42. The third-order valence-electron chi connectivity index (χ3n) is 2.94. The van der Waals surface area contributed by atoms with Gasteiger partial charge in [-0.05, 0) is 19.1 Å². The minimum absolute atomic E-state index is 0.0569. The van der Waals surface area contributed by atoms with Gasteiger partial charge >= 0.3 is 0 Å². The fourth-order valence-corrected chi connectivity index (χ4v) is 3.35. The van der Waals surface area contributed by atoms with Gasteiger partial charge in [-0.1, -0.05) is 43.3 Å². The summed E-state index contributed by atoms with van der Waals surface area (Å²) < 4.78 is 26.2. The average molecular weight is 354 g/mol. The van der Waals surface area contributed by atoms with E-state index in [1.54, 1.807) is 12.1 Å². The van der Waals surface area contributed by atoms with Crippen LogP contribution >= 0.6 is 11.8 Å². The molecule has 0 bridgehead atoms. The molecule has 0 aliphatic heterocycles. The second kappa shape index (κ2) is 7.14. The van der Waals surface area contributed by atoms with Gasteiger partial charge in [-0.3, -0.25) is 9.89 Å². The van der Waals surface area contributed by atoms with Crippen molar-refractivity contribution < 1.29 is 13.2 Å².